The number of esters is 1. The monoisotopic (exact) mass is 394 g/mol. The molecule has 0 saturated heterocycles. The Kier molecular flexibility index (Phi) is 23.6. The van der Waals surface area contributed by atoms with Gasteiger partial charge in [-0.2, -0.15) is 0 Å². The highest BCUT2D eigenvalue weighted by atomic mass is 16.5. The standard InChI is InChI=1S/C26H50O2/c1-3-5-7-8-9-10-11-12-13-14-15-16-17-18-19-20-21-22-23-24-26(27)28-25-6-4-2/h14-15H,3-13,16-25H2,1-2H3/b15-14+. The minimum Gasteiger partial charge on any atom is -0.466 e. The van der Waals surface area contributed by atoms with Gasteiger partial charge in [-0.3, -0.25) is 4.79 Å². The Morgan fingerprint density at radius 2 is 1.00 bits per heavy atom. The number of ether oxygens (including phenoxy) is 1. The van der Waals surface area contributed by atoms with Gasteiger partial charge in [0.15, 0.2) is 0 Å². The van der Waals surface area contributed by atoms with E-state index < -0.39 is 0 Å². The van der Waals surface area contributed by atoms with E-state index in [1.54, 1.807) is 0 Å². The lowest BCUT2D eigenvalue weighted by Gasteiger charge is -2.04. The second kappa shape index (κ2) is 24.2. The maximum atomic E-state index is 11.5. The van der Waals surface area contributed by atoms with E-state index in [2.05, 4.69) is 26.0 Å². The Labute approximate surface area is 176 Å². The van der Waals surface area contributed by atoms with Gasteiger partial charge in [-0.1, -0.05) is 109 Å². The fraction of sp³-hybridized carbons (Fsp3) is 0.885. The molecule has 0 radical (unpaired) electrons. The molecule has 28 heavy (non-hydrogen) atoms. The van der Waals surface area contributed by atoms with E-state index in [0.29, 0.717) is 13.0 Å². The Balaban J connectivity index is 3.14. The lowest BCUT2D eigenvalue weighted by Crippen LogP contribution is -2.05. The smallest absolute Gasteiger partial charge is 0.305 e. The van der Waals surface area contributed by atoms with Crippen LogP contribution >= 0.6 is 0 Å². The van der Waals surface area contributed by atoms with Crippen LogP contribution in [0.5, 0.6) is 0 Å². The van der Waals surface area contributed by atoms with Crippen molar-refractivity contribution >= 4 is 5.97 Å². The molecule has 0 spiro atoms. The molecular formula is C26H50O2. The Morgan fingerprint density at radius 3 is 1.50 bits per heavy atom. The number of unbranched alkanes of at least 4 members (excludes halogenated alkanes) is 16. The molecule has 0 unspecified atom stereocenters. The summed E-state index contributed by atoms with van der Waals surface area (Å²) in [5, 5.41) is 0. The summed E-state index contributed by atoms with van der Waals surface area (Å²) in [5.41, 5.74) is 0. The van der Waals surface area contributed by atoms with Crippen molar-refractivity contribution in [2.75, 3.05) is 6.61 Å². The van der Waals surface area contributed by atoms with Gasteiger partial charge < -0.3 is 4.74 Å². The van der Waals surface area contributed by atoms with Crippen molar-refractivity contribution in [2.24, 2.45) is 0 Å². The van der Waals surface area contributed by atoms with Gasteiger partial charge in [-0.25, -0.2) is 0 Å². The van der Waals surface area contributed by atoms with Gasteiger partial charge in [0.25, 0.3) is 0 Å². The molecule has 0 N–H and O–H groups in total. The average molecular weight is 395 g/mol. The Morgan fingerprint density at radius 1 is 0.571 bits per heavy atom. The summed E-state index contributed by atoms with van der Waals surface area (Å²) in [6.45, 7) is 5.00. The van der Waals surface area contributed by atoms with E-state index in [-0.39, 0.29) is 5.97 Å². The number of hydrogen-bond acceptors (Lipinski definition) is 2. The quantitative estimate of drug-likeness (QED) is 0.104. The third kappa shape index (κ3) is 23.2. The van der Waals surface area contributed by atoms with Gasteiger partial charge in [0, 0.05) is 6.42 Å². The number of hydrogen-bond donors (Lipinski definition) is 0. The molecule has 0 aromatic carbocycles. The topological polar surface area (TPSA) is 26.3 Å². The van der Waals surface area contributed by atoms with E-state index in [1.807, 2.05) is 0 Å². The molecule has 0 aliphatic carbocycles. The fourth-order valence-corrected chi connectivity index (χ4v) is 3.45. The third-order valence-electron chi connectivity index (χ3n) is 5.40. The summed E-state index contributed by atoms with van der Waals surface area (Å²) in [6.07, 6.45) is 30.0. The molecule has 0 amide bonds. The molecule has 0 rings (SSSR count). The van der Waals surface area contributed by atoms with Crippen LogP contribution in [0.4, 0.5) is 0 Å². The lowest BCUT2D eigenvalue weighted by molar-refractivity contribution is -0.143. The van der Waals surface area contributed by atoms with E-state index in [4.69, 9.17) is 4.74 Å². The van der Waals surface area contributed by atoms with Crippen LogP contribution in [0.25, 0.3) is 0 Å². The zero-order valence-corrected chi connectivity index (χ0v) is 19.3. The van der Waals surface area contributed by atoms with Crippen molar-refractivity contribution < 1.29 is 9.53 Å². The van der Waals surface area contributed by atoms with Crippen LogP contribution in [0, 0.1) is 0 Å². The minimum absolute atomic E-state index is 0.00721. The fourth-order valence-electron chi connectivity index (χ4n) is 3.45. The van der Waals surface area contributed by atoms with Crippen molar-refractivity contribution in [1.29, 1.82) is 0 Å². The number of allylic oxidation sites excluding steroid dienone is 2. The van der Waals surface area contributed by atoms with Crippen LogP contribution in [-0.4, -0.2) is 12.6 Å². The van der Waals surface area contributed by atoms with E-state index >= 15 is 0 Å². The maximum Gasteiger partial charge on any atom is 0.305 e. The number of carbonyl (C=O) groups is 1. The summed E-state index contributed by atoms with van der Waals surface area (Å²) in [5.74, 6) is -0.00721. The average Bonchev–Trinajstić information content (AvgIpc) is 2.70. The SMILES string of the molecule is CCCCCCCCCC/C=C/CCCCCCCCCC(=O)OCCCC. The zero-order chi connectivity index (χ0) is 20.5. The number of carbonyl (C=O) groups excluding carboxylic acids is 1. The summed E-state index contributed by atoms with van der Waals surface area (Å²) >= 11 is 0. The van der Waals surface area contributed by atoms with Crippen LogP contribution in [0.2, 0.25) is 0 Å². The molecule has 0 aliphatic heterocycles. The largest absolute Gasteiger partial charge is 0.466 e. The van der Waals surface area contributed by atoms with Crippen molar-refractivity contribution in [2.45, 2.75) is 142 Å². The predicted molar refractivity (Wildman–Crippen MR) is 124 cm³/mol. The minimum atomic E-state index is -0.00721. The molecule has 0 aromatic heterocycles. The predicted octanol–water partition coefficient (Wildman–Crippen LogP) is 8.93. The van der Waals surface area contributed by atoms with Crippen molar-refractivity contribution in [3.63, 3.8) is 0 Å². The van der Waals surface area contributed by atoms with E-state index in [0.717, 1.165) is 19.3 Å². The third-order valence-corrected chi connectivity index (χ3v) is 5.40. The van der Waals surface area contributed by atoms with Crippen LogP contribution in [0.1, 0.15) is 142 Å². The highest BCUT2D eigenvalue weighted by Gasteiger charge is 2.01. The molecule has 0 fully saturated rings. The van der Waals surface area contributed by atoms with Crippen molar-refractivity contribution in [3.05, 3.63) is 12.2 Å². The van der Waals surface area contributed by atoms with Gasteiger partial charge >= 0.3 is 5.97 Å². The number of rotatable bonds is 22. The van der Waals surface area contributed by atoms with Gasteiger partial charge in [0.1, 0.15) is 0 Å². The first-order valence-electron chi connectivity index (χ1n) is 12.6. The molecule has 2 heteroatoms. The van der Waals surface area contributed by atoms with Crippen LogP contribution in [0.15, 0.2) is 12.2 Å². The molecule has 0 atom stereocenters. The second-order valence-corrected chi connectivity index (χ2v) is 8.32. The molecule has 0 heterocycles. The summed E-state index contributed by atoms with van der Waals surface area (Å²) in [6, 6.07) is 0. The molecule has 0 aromatic rings. The first-order valence-corrected chi connectivity index (χ1v) is 12.6. The zero-order valence-electron chi connectivity index (χ0n) is 19.3. The van der Waals surface area contributed by atoms with E-state index in [9.17, 15) is 4.79 Å². The molecule has 0 bridgehead atoms. The Hall–Kier alpha value is -0.790. The van der Waals surface area contributed by atoms with Crippen molar-refractivity contribution in [3.8, 4) is 0 Å². The van der Waals surface area contributed by atoms with Gasteiger partial charge in [0.2, 0.25) is 0 Å². The van der Waals surface area contributed by atoms with Crippen LogP contribution in [-0.2, 0) is 9.53 Å². The highest BCUT2D eigenvalue weighted by molar-refractivity contribution is 5.69. The first-order chi connectivity index (χ1) is 13.8. The normalized spacial score (nSPS) is 11.4. The van der Waals surface area contributed by atoms with Crippen molar-refractivity contribution in [1.82, 2.24) is 0 Å². The molecule has 166 valence electrons. The first kappa shape index (κ1) is 27.2. The molecular weight excluding hydrogens is 344 g/mol. The van der Waals surface area contributed by atoms with Crippen LogP contribution in [0.3, 0.4) is 0 Å². The van der Waals surface area contributed by atoms with E-state index in [1.165, 1.54) is 103 Å². The lowest BCUT2D eigenvalue weighted by atomic mass is 10.1. The maximum absolute atomic E-state index is 11.5. The van der Waals surface area contributed by atoms with Crippen LogP contribution < -0.4 is 0 Å². The molecule has 0 saturated carbocycles. The molecule has 2 nitrogen and oxygen atoms in total. The molecule has 0 aliphatic rings. The van der Waals surface area contributed by atoms with Gasteiger partial charge in [0.05, 0.1) is 6.61 Å². The summed E-state index contributed by atoms with van der Waals surface area (Å²) < 4.78 is 5.17. The van der Waals surface area contributed by atoms with Gasteiger partial charge in [-0.15, -0.1) is 0 Å². The highest BCUT2D eigenvalue weighted by Crippen LogP contribution is 2.12. The van der Waals surface area contributed by atoms with Gasteiger partial charge in [-0.05, 0) is 38.5 Å². The summed E-state index contributed by atoms with van der Waals surface area (Å²) in [7, 11) is 0. The summed E-state index contributed by atoms with van der Waals surface area (Å²) in [4.78, 5) is 11.5. The Bertz CT molecular complexity index is 335. The second-order valence-electron chi connectivity index (χ2n) is 8.32.